The van der Waals surface area contributed by atoms with Gasteiger partial charge in [0.05, 0.1) is 97.8 Å². The molecular formula is C21H36N2O10. The number of aliphatic hydroxyl groups is 2. The van der Waals surface area contributed by atoms with E-state index in [0.29, 0.717) is 96.4 Å². The number of methoxy groups -OCH3 is 1. The molecule has 0 aliphatic rings. The van der Waals surface area contributed by atoms with Gasteiger partial charge in [-0.25, -0.2) is 4.79 Å². The standard InChI is InChI=1S/C21H36N2O10/c1-27-21(26)22-2-3-28-4-5-29-6-7-30-8-9-31-10-11-32-12-13-33-20-14-18(16-24)23-19(15-20)17-25/h14-15,24-25H,2-13,16-17H2,1H3,(H,22,26). The number of rotatable bonds is 21. The quantitative estimate of drug-likeness (QED) is 0.204. The Hall–Kier alpha value is -2.06. The fourth-order valence-corrected chi connectivity index (χ4v) is 2.36. The van der Waals surface area contributed by atoms with Crippen molar-refractivity contribution in [3.05, 3.63) is 23.5 Å². The van der Waals surface area contributed by atoms with E-state index < -0.39 is 6.09 Å². The lowest BCUT2D eigenvalue weighted by atomic mass is 10.3. The van der Waals surface area contributed by atoms with Gasteiger partial charge in [-0.1, -0.05) is 0 Å². The minimum Gasteiger partial charge on any atom is -0.491 e. The zero-order valence-corrected chi connectivity index (χ0v) is 19.2. The summed E-state index contributed by atoms with van der Waals surface area (Å²) in [5.74, 6) is 0.527. The summed E-state index contributed by atoms with van der Waals surface area (Å²) in [5, 5.41) is 20.8. The van der Waals surface area contributed by atoms with Crippen LogP contribution in [0.4, 0.5) is 4.79 Å². The fraction of sp³-hybridized carbons (Fsp3) is 0.714. The van der Waals surface area contributed by atoms with Gasteiger partial charge < -0.3 is 48.7 Å². The average Bonchev–Trinajstić information content (AvgIpc) is 2.84. The van der Waals surface area contributed by atoms with Crippen molar-refractivity contribution in [1.82, 2.24) is 10.3 Å². The van der Waals surface area contributed by atoms with Gasteiger partial charge in [-0.3, -0.25) is 4.98 Å². The molecule has 0 unspecified atom stereocenters. The molecule has 1 rings (SSSR count). The van der Waals surface area contributed by atoms with E-state index in [1.165, 1.54) is 7.11 Å². The second-order valence-corrected chi connectivity index (χ2v) is 6.43. The molecule has 0 spiro atoms. The Morgan fingerprint density at radius 3 is 1.61 bits per heavy atom. The Kier molecular flexibility index (Phi) is 18.0. The van der Waals surface area contributed by atoms with Crippen LogP contribution in [0.3, 0.4) is 0 Å². The van der Waals surface area contributed by atoms with Gasteiger partial charge in [0, 0.05) is 18.7 Å². The number of hydrogen-bond acceptors (Lipinski definition) is 11. The summed E-state index contributed by atoms with van der Waals surface area (Å²) in [7, 11) is 1.31. The van der Waals surface area contributed by atoms with E-state index in [1.54, 1.807) is 12.1 Å². The van der Waals surface area contributed by atoms with E-state index in [2.05, 4.69) is 15.0 Å². The number of ether oxygens (including phenoxy) is 7. The number of carbonyl (C=O) groups is 1. The Labute approximate surface area is 194 Å². The van der Waals surface area contributed by atoms with Crippen LogP contribution < -0.4 is 10.1 Å². The molecule has 0 radical (unpaired) electrons. The Morgan fingerprint density at radius 1 is 0.758 bits per heavy atom. The molecule has 0 saturated heterocycles. The molecule has 1 aromatic rings. The first kappa shape index (κ1) is 29.0. The third-order valence-electron chi connectivity index (χ3n) is 3.91. The Morgan fingerprint density at radius 2 is 1.18 bits per heavy atom. The number of amides is 1. The number of pyridine rings is 1. The Bertz CT molecular complexity index is 598. The van der Waals surface area contributed by atoms with Crippen LogP contribution in [0.1, 0.15) is 11.4 Å². The molecule has 12 heteroatoms. The second-order valence-electron chi connectivity index (χ2n) is 6.43. The summed E-state index contributed by atoms with van der Waals surface area (Å²) in [5.41, 5.74) is 0.881. The highest BCUT2D eigenvalue weighted by Crippen LogP contribution is 2.14. The molecule has 0 aliphatic heterocycles. The van der Waals surface area contributed by atoms with Gasteiger partial charge in [0.25, 0.3) is 0 Å². The first-order valence-corrected chi connectivity index (χ1v) is 10.7. The van der Waals surface area contributed by atoms with Gasteiger partial charge in [-0.15, -0.1) is 0 Å². The lowest BCUT2D eigenvalue weighted by Gasteiger charge is -2.10. The zero-order valence-electron chi connectivity index (χ0n) is 19.2. The third kappa shape index (κ3) is 16.2. The molecule has 1 aromatic heterocycles. The zero-order chi connectivity index (χ0) is 24.0. The van der Waals surface area contributed by atoms with E-state index in [-0.39, 0.29) is 13.2 Å². The fourth-order valence-electron chi connectivity index (χ4n) is 2.36. The molecule has 0 saturated carbocycles. The van der Waals surface area contributed by atoms with Crippen molar-refractivity contribution < 1.29 is 48.2 Å². The highest BCUT2D eigenvalue weighted by molar-refractivity contribution is 5.66. The van der Waals surface area contributed by atoms with Gasteiger partial charge in [-0.2, -0.15) is 0 Å². The highest BCUT2D eigenvalue weighted by Gasteiger charge is 2.03. The molecule has 1 amide bonds. The number of aromatic nitrogens is 1. The van der Waals surface area contributed by atoms with E-state index in [1.807, 2.05) is 0 Å². The van der Waals surface area contributed by atoms with Gasteiger partial charge >= 0.3 is 6.09 Å². The maximum absolute atomic E-state index is 10.8. The van der Waals surface area contributed by atoms with Crippen LogP contribution in [0.15, 0.2) is 12.1 Å². The molecule has 0 aliphatic carbocycles. The van der Waals surface area contributed by atoms with Crippen molar-refractivity contribution in [2.24, 2.45) is 0 Å². The van der Waals surface area contributed by atoms with Crippen LogP contribution in [0.2, 0.25) is 0 Å². The molecule has 0 atom stereocenters. The number of alkyl carbamates (subject to hydrolysis) is 1. The van der Waals surface area contributed by atoms with Crippen molar-refractivity contribution in [3.8, 4) is 5.75 Å². The van der Waals surface area contributed by atoms with Crippen LogP contribution in [0.25, 0.3) is 0 Å². The molecule has 0 aromatic carbocycles. The summed E-state index contributed by atoms with van der Waals surface area (Å²) in [4.78, 5) is 14.8. The number of hydrogen-bond donors (Lipinski definition) is 3. The van der Waals surface area contributed by atoms with Crippen molar-refractivity contribution >= 4 is 6.09 Å². The molecule has 3 N–H and O–H groups in total. The van der Waals surface area contributed by atoms with Crippen LogP contribution >= 0.6 is 0 Å². The monoisotopic (exact) mass is 476 g/mol. The van der Waals surface area contributed by atoms with Gasteiger partial charge in [-0.05, 0) is 0 Å². The predicted octanol–water partition coefficient (Wildman–Crippen LogP) is -0.116. The predicted molar refractivity (Wildman–Crippen MR) is 116 cm³/mol. The Balaban J connectivity index is 1.81. The van der Waals surface area contributed by atoms with Crippen molar-refractivity contribution in [2.45, 2.75) is 13.2 Å². The van der Waals surface area contributed by atoms with Crippen molar-refractivity contribution in [2.75, 3.05) is 86.3 Å². The van der Waals surface area contributed by atoms with E-state index in [0.717, 1.165) is 0 Å². The minimum absolute atomic E-state index is 0.220. The van der Waals surface area contributed by atoms with Crippen LogP contribution in [-0.2, 0) is 41.6 Å². The first-order valence-electron chi connectivity index (χ1n) is 10.7. The molecule has 1 heterocycles. The van der Waals surface area contributed by atoms with E-state index in [9.17, 15) is 4.79 Å². The highest BCUT2D eigenvalue weighted by atomic mass is 16.6. The van der Waals surface area contributed by atoms with Crippen LogP contribution in [0, 0.1) is 0 Å². The van der Waals surface area contributed by atoms with E-state index >= 15 is 0 Å². The summed E-state index contributed by atoms with van der Waals surface area (Å²) in [6, 6.07) is 3.24. The maximum Gasteiger partial charge on any atom is 0.406 e. The van der Waals surface area contributed by atoms with Crippen LogP contribution in [0.5, 0.6) is 5.75 Å². The topological polar surface area (TPSA) is 147 Å². The van der Waals surface area contributed by atoms with Crippen molar-refractivity contribution in [3.63, 3.8) is 0 Å². The normalized spacial score (nSPS) is 10.9. The summed E-state index contributed by atoms with van der Waals surface area (Å²) < 4.78 is 36.9. The maximum atomic E-state index is 10.8. The number of nitrogens with zero attached hydrogens (tertiary/aromatic N) is 1. The molecule has 0 bridgehead atoms. The lowest BCUT2D eigenvalue weighted by molar-refractivity contribution is -0.0124. The van der Waals surface area contributed by atoms with Gasteiger partial charge in [0.1, 0.15) is 12.4 Å². The summed E-state index contributed by atoms with van der Waals surface area (Å²) in [6.07, 6.45) is -0.480. The number of carbonyl (C=O) groups excluding carboxylic acids is 1. The number of nitrogens with one attached hydrogen (secondary N) is 1. The van der Waals surface area contributed by atoms with Gasteiger partial charge in [0.2, 0.25) is 0 Å². The van der Waals surface area contributed by atoms with Gasteiger partial charge in [0.15, 0.2) is 0 Å². The first-order chi connectivity index (χ1) is 16.2. The van der Waals surface area contributed by atoms with E-state index in [4.69, 9.17) is 38.6 Å². The molecule has 190 valence electrons. The SMILES string of the molecule is COC(=O)NCCOCCOCCOCCOCCOCCOc1cc(CO)nc(CO)c1. The molecule has 0 fully saturated rings. The third-order valence-corrected chi connectivity index (χ3v) is 3.91. The van der Waals surface area contributed by atoms with Crippen LogP contribution in [-0.4, -0.2) is 108 Å². The minimum atomic E-state index is -0.480. The van der Waals surface area contributed by atoms with Crippen molar-refractivity contribution in [1.29, 1.82) is 0 Å². The second kappa shape index (κ2) is 20.5. The summed E-state index contributed by atoms with van der Waals surface area (Å²) >= 11 is 0. The molecule has 12 nitrogen and oxygen atoms in total. The smallest absolute Gasteiger partial charge is 0.406 e. The molecule has 33 heavy (non-hydrogen) atoms. The average molecular weight is 477 g/mol. The summed E-state index contributed by atoms with van der Waals surface area (Å²) in [6.45, 7) is 4.67. The number of aliphatic hydroxyl groups excluding tert-OH is 2. The lowest BCUT2D eigenvalue weighted by Crippen LogP contribution is -2.27. The largest absolute Gasteiger partial charge is 0.491 e. The molecular weight excluding hydrogens is 440 g/mol.